The minimum atomic E-state index is 0.0240. The number of allylic oxidation sites excluding steroid dienone is 2. The third kappa shape index (κ3) is 1.55. The van der Waals surface area contributed by atoms with E-state index in [0.29, 0.717) is 11.4 Å². The van der Waals surface area contributed by atoms with Gasteiger partial charge in [-0.15, -0.1) is 0 Å². The van der Waals surface area contributed by atoms with Gasteiger partial charge in [-0.05, 0) is 31.3 Å². The van der Waals surface area contributed by atoms with Crippen LogP contribution in [0.25, 0.3) is 0 Å². The number of rotatable bonds is 2. The van der Waals surface area contributed by atoms with Crippen LogP contribution in [0.15, 0.2) is 17.8 Å². The van der Waals surface area contributed by atoms with Crippen molar-refractivity contribution in [3.63, 3.8) is 0 Å². The lowest BCUT2D eigenvalue weighted by atomic mass is 9.94. The molecule has 0 fully saturated rings. The molecule has 1 heterocycles. The van der Waals surface area contributed by atoms with Gasteiger partial charge in [-0.2, -0.15) is 5.10 Å². The normalized spacial score (nSPS) is 16.4. The van der Waals surface area contributed by atoms with Crippen LogP contribution in [0, 0.1) is 0 Å². The fourth-order valence-electron chi connectivity index (χ4n) is 1.69. The van der Waals surface area contributed by atoms with E-state index in [-0.39, 0.29) is 5.78 Å². The lowest BCUT2D eigenvalue weighted by molar-refractivity contribution is 0.102. The fourth-order valence-corrected chi connectivity index (χ4v) is 1.69. The first-order valence-electron chi connectivity index (χ1n) is 4.81. The summed E-state index contributed by atoms with van der Waals surface area (Å²) in [5.74, 6) is 0.387. The maximum atomic E-state index is 11.9. The van der Waals surface area contributed by atoms with Crippen molar-refractivity contribution in [3.8, 4) is 0 Å². The van der Waals surface area contributed by atoms with Gasteiger partial charge in [-0.3, -0.25) is 9.89 Å². The highest BCUT2D eigenvalue weighted by molar-refractivity contribution is 6.11. The molecule has 1 aliphatic carbocycles. The summed E-state index contributed by atoms with van der Waals surface area (Å²) in [7, 11) is 0. The van der Waals surface area contributed by atoms with Crippen LogP contribution in [0.4, 0.5) is 5.82 Å². The zero-order valence-corrected chi connectivity index (χ0v) is 7.92. The number of hydrogen-bond acceptors (Lipinski definition) is 3. The van der Waals surface area contributed by atoms with Gasteiger partial charge in [0.05, 0.1) is 11.8 Å². The van der Waals surface area contributed by atoms with Crippen molar-refractivity contribution in [2.45, 2.75) is 25.7 Å². The van der Waals surface area contributed by atoms with Gasteiger partial charge in [0.15, 0.2) is 5.78 Å². The molecule has 4 heteroatoms. The topological polar surface area (TPSA) is 71.8 Å². The van der Waals surface area contributed by atoms with Gasteiger partial charge in [0.25, 0.3) is 0 Å². The summed E-state index contributed by atoms with van der Waals surface area (Å²) >= 11 is 0. The number of ketones is 1. The first-order chi connectivity index (χ1) is 6.79. The Kier molecular flexibility index (Phi) is 2.35. The Bertz CT molecular complexity index is 378. The summed E-state index contributed by atoms with van der Waals surface area (Å²) in [6, 6.07) is 0. The quantitative estimate of drug-likeness (QED) is 0.698. The highest BCUT2D eigenvalue weighted by Gasteiger charge is 2.17. The number of anilines is 1. The Labute approximate surface area is 82.2 Å². The van der Waals surface area contributed by atoms with Crippen LogP contribution in [0.5, 0.6) is 0 Å². The van der Waals surface area contributed by atoms with Crippen LogP contribution in [-0.4, -0.2) is 16.0 Å². The molecule has 0 amide bonds. The lowest BCUT2D eigenvalue weighted by Gasteiger charge is -2.10. The van der Waals surface area contributed by atoms with Gasteiger partial charge in [-0.25, -0.2) is 0 Å². The van der Waals surface area contributed by atoms with E-state index in [1.807, 2.05) is 6.08 Å². The van der Waals surface area contributed by atoms with E-state index in [4.69, 9.17) is 5.73 Å². The molecule has 4 nitrogen and oxygen atoms in total. The minimum absolute atomic E-state index is 0.0240. The van der Waals surface area contributed by atoms with E-state index < -0.39 is 0 Å². The Morgan fingerprint density at radius 3 is 2.93 bits per heavy atom. The molecule has 0 aromatic carbocycles. The van der Waals surface area contributed by atoms with E-state index >= 15 is 0 Å². The van der Waals surface area contributed by atoms with E-state index in [9.17, 15) is 4.79 Å². The molecule has 74 valence electrons. The standard InChI is InChI=1S/C10H13N3O/c11-10-8(6-12-13-10)9(14)7-4-2-1-3-5-7/h4,6H,1-3,5H2,(H3,11,12,13). The van der Waals surface area contributed by atoms with Gasteiger partial charge in [-0.1, -0.05) is 6.08 Å². The molecule has 2 rings (SSSR count). The van der Waals surface area contributed by atoms with Crippen molar-refractivity contribution in [2.75, 3.05) is 5.73 Å². The minimum Gasteiger partial charge on any atom is -0.383 e. The maximum Gasteiger partial charge on any atom is 0.194 e. The van der Waals surface area contributed by atoms with Gasteiger partial charge >= 0.3 is 0 Å². The number of H-pyrrole nitrogens is 1. The first-order valence-corrected chi connectivity index (χ1v) is 4.81. The monoisotopic (exact) mass is 191 g/mol. The van der Waals surface area contributed by atoms with E-state index in [0.717, 1.165) is 24.8 Å². The van der Waals surface area contributed by atoms with E-state index in [1.165, 1.54) is 12.6 Å². The van der Waals surface area contributed by atoms with Crippen molar-refractivity contribution in [2.24, 2.45) is 0 Å². The molecule has 0 spiro atoms. The number of aromatic nitrogens is 2. The molecule has 0 saturated carbocycles. The predicted octanol–water partition coefficient (Wildman–Crippen LogP) is 1.67. The fraction of sp³-hybridized carbons (Fsp3) is 0.400. The number of nitrogen functional groups attached to an aromatic ring is 1. The van der Waals surface area contributed by atoms with E-state index in [1.54, 1.807) is 0 Å². The molecule has 0 saturated heterocycles. The number of carbonyl (C=O) groups excluding carboxylic acids is 1. The van der Waals surface area contributed by atoms with Crippen molar-refractivity contribution in [1.82, 2.24) is 10.2 Å². The summed E-state index contributed by atoms with van der Waals surface area (Å²) in [5.41, 5.74) is 6.96. The Hall–Kier alpha value is -1.58. The van der Waals surface area contributed by atoms with Gasteiger partial charge in [0.2, 0.25) is 0 Å². The Morgan fingerprint density at radius 1 is 1.50 bits per heavy atom. The highest BCUT2D eigenvalue weighted by atomic mass is 16.1. The second-order valence-corrected chi connectivity index (χ2v) is 3.50. The second-order valence-electron chi connectivity index (χ2n) is 3.50. The van der Waals surface area contributed by atoms with Crippen molar-refractivity contribution in [3.05, 3.63) is 23.4 Å². The molecule has 3 N–H and O–H groups in total. The molecule has 0 radical (unpaired) electrons. The molecule has 0 bridgehead atoms. The molecule has 0 aliphatic heterocycles. The lowest BCUT2D eigenvalue weighted by Crippen LogP contribution is -2.07. The number of nitrogens with one attached hydrogen (secondary N) is 1. The summed E-state index contributed by atoms with van der Waals surface area (Å²) in [5, 5.41) is 6.31. The molecular formula is C10H13N3O. The first kappa shape index (κ1) is 8.99. The van der Waals surface area contributed by atoms with Crippen LogP contribution >= 0.6 is 0 Å². The van der Waals surface area contributed by atoms with E-state index in [2.05, 4.69) is 10.2 Å². The highest BCUT2D eigenvalue weighted by Crippen LogP contribution is 2.22. The molecule has 1 aliphatic rings. The zero-order chi connectivity index (χ0) is 9.97. The van der Waals surface area contributed by atoms with Crippen molar-refractivity contribution < 1.29 is 4.79 Å². The predicted molar refractivity (Wildman–Crippen MR) is 53.9 cm³/mol. The average Bonchev–Trinajstić information content (AvgIpc) is 2.65. The third-order valence-corrected chi connectivity index (χ3v) is 2.50. The van der Waals surface area contributed by atoms with Gasteiger partial charge in [0.1, 0.15) is 5.82 Å². The largest absolute Gasteiger partial charge is 0.383 e. The number of Topliss-reactive ketones (excluding diaryl/α,β-unsaturated/α-hetero) is 1. The van der Waals surface area contributed by atoms with Crippen LogP contribution in [-0.2, 0) is 0 Å². The molecule has 14 heavy (non-hydrogen) atoms. The molecular weight excluding hydrogens is 178 g/mol. The Balaban J connectivity index is 2.23. The molecule has 0 atom stereocenters. The van der Waals surface area contributed by atoms with Crippen LogP contribution in [0.1, 0.15) is 36.0 Å². The number of nitrogens with two attached hydrogens (primary N) is 1. The zero-order valence-electron chi connectivity index (χ0n) is 7.92. The molecule has 1 aromatic rings. The molecule has 0 unspecified atom stereocenters. The van der Waals surface area contributed by atoms with Crippen LogP contribution in [0.2, 0.25) is 0 Å². The SMILES string of the molecule is Nc1[nH]ncc1C(=O)C1=CCCCC1. The smallest absolute Gasteiger partial charge is 0.194 e. The number of carbonyl (C=O) groups is 1. The molecule has 1 aromatic heterocycles. The van der Waals surface area contributed by atoms with Gasteiger partial charge < -0.3 is 5.73 Å². The number of nitrogens with zero attached hydrogens (tertiary/aromatic N) is 1. The summed E-state index contributed by atoms with van der Waals surface area (Å²) < 4.78 is 0. The Morgan fingerprint density at radius 2 is 2.36 bits per heavy atom. The van der Waals surface area contributed by atoms with Crippen molar-refractivity contribution in [1.29, 1.82) is 0 Å². The number of hydrogen-bond donors (Lipinski definition) is 2. The third-order valence-electron chi connectivity index (χ3n) is 2.50. The second kappa shape index (κ2) is 3.65. The van der Waals surface area contributed by atoms with Crippen molar-refractivity contribution >= 4 is 11.6 Å². The number of aromatic amines is 1. The maximum absolute atomic E-state index is 11.9. The average molecular weight is 191 g/mol. The van der Waals surface area contributed by atoms with Crippen LogP contribution in [0.3, 0.4) is 0 Å². The summed E-state index contributed by atoms with van der Waals surface area (Å²) in [4.78, 5) is 11.9. The van der Waals surface area contributed by atoms with Gasteiger partial charge in [0, 0.05) is 0 Å². The van der Waals surface area contributed by atoms with Crippen LogP contribution < -0.4 is 5.73 Å². The summed E-state index contributed by atoms with van der Waals surface area (Å²) in [6.07, 6.45) is 7.64. The summed E-state index contributed by atoms with van der Waals surface area (Å²) in [6.45, 7) is 0.